The van der Waals surface area contributed by atoms with Crippen LogP contribution in [0.1, 0.15) is 36.5 Å². The molecule has 1 saturated heterocycles. The summed E-state index contributed by atoms with van der Waals surface area (Å²) in [5.41, 5.74) is -0.179. The molecule has 0 atom stereocenters. The van der Waals surface area contributed by atoms with Crippen LogP contribution in [0.15, 0.2) is 18.2 Å². The standard InChI is InChI=1S/C18H23F2N3O3/c1-2-7-21-16(24)11-22-17(25)12-5-8-23(9-6-12)18(26)14-4-3-13(19)10-15(14)20/h3-4,10,12H,2,5-9,11H2,1H3,(H,21,24)(H,22,25). The number of nitrogens with one attached hydrogen (secondary N) is 2. The van der Waals surface area contributed by atoms with Crippen molar-refractivity contribution in [2.75, 3.05) is 26.2 Å². The third-order valence-corrected chi connectivity index (χ3v) is 4.31. The zero-order valence-electron chi connectivity index (χ0n) is 14.7. The number of hydrogen-bond acceptors (Lipinski definition) is 3. The van der Waals surface area contributed by atoms with Gasteiger partial charge in [0.15, 0.2) is 0 Å². The molecule has 1 aromatic rings. The van der Waals surface area contributed by atoms with E-state index < -0.39 is 17.5 Å². The minimum atomic E-state index is -0.895. The number of benzene rings is 1. The Morgan fingerprint density at radius 1 is 1.15 bits per heavy atom. The first kappa shape index (κ1) is 19.8. The molecule has 0 saturated carbocycles. The first-order valence-electron chi connectivity index (χ1n) is 8.71. The maximum Gasteiger partial charge on any atom is 0.256 e. The number of halogens is 2. The van der Waals surface area contributed by atoms with E-state index in [0.717, 1.165) is 18.6 Å². The zero-order chi connectivity index (χ0) is 19.1. The number of rotatable bonds is 6. The Morgan fingerprint density at radius 2 is 1.85 bits per heavy atom. The molecule has 0 aromatic heterocycles. The highest BCUT2D eigenvalue weighted by Crippen LogP contribution is 2.20. The van der Waals surface area contributed by atoms with E-state index in [1.165, 1.54) is 4.90 Å². The van der Waals surface area contributed by atoms with Crippen LogP contribution in [-0.4, -0.2) is 48.8 Å². The van der Waals surface area contributed by atoms with Crippen molar-refractivity contribution in [3.05, 3.63) is 35.4 Å². The second-order valence-electron chi connectivity index (χ2n) is 6.26. The molecule has 0 spiro atoms. The van der Waals surface area contributed by atoms with Crippen molar-refractivity contribution in [2.24, 2.45) is 5.92 Å². The summed E-state index contributed by atoms with van der Waals surface area (Å²) in [5, 5.41) is 5.27. The number of carbonyl (C=O) groups excluding carboxylic acids is 3. The van der Waals surface area contributed by atoms with Gasteiger partial charge in [0.05, 0.1) is 12.1 Å². The summed E-state index contributed by atoms with van der Waals surface area (Å²) in [6.07, 6.45) is 1.68. The van der Waals surface area contributed by atoms with Crippen molar-refractivity contribution in [1.29, 1.82) is 0 Å². The van der Waals surface area contributed by atoms with Crippen LogP contribution in [0.5, 0.6) is 0 Å². The van der Waals surface area contributed by atoms with Crippen molar-refractivity contribution in [3.63, 3.8) is 0 Å². The van der Waals surface area contributed by atoms with Gasteiger partial charge in [-0.25, -0.2) is 8.78 Å². The second kappa shape index (κ2) is 9.26. The lowest BCUT2D eigenvalue weighted by molar-refractivity contribution is -0.129. The Bertz CT molecular complexity index is 674. The summed E-state index contributed by atoms with van der Waals surface area (Å²) >= 11 is 0. The third kappa shape index (κ3) is 5.24. The van der Waals surface area contributed by atoms with Crippen molar-refractivity contribution in [2.45, 2.75) is 26.2 Å². The monoisotopic (exact) mass is 367 g/mol. The van der Waals surface area contributed by atoms with E-state index in [1.807, 2.05) is 6.92 Å². The Morgan fingerprint density at radius 3 is 2.46 bits per heavy atom. The van der Waals surface area contributed by atoms with Gasteiger partial charge in [0, 0.05) is 31.6 Å². The van der Waals surface area contributed by atoms with Crippen LogP contribution in [0.25, 0.3) is 0 Å². The lowest BCUT2D eigenvalue weighted by Gasteiger charge is -2.31. The average Bonchev–Trinajstić information content (AvgIpc) is 2.64. The summed E-state index contributed by atoms with van der Waals surface area (Å²) in [5.74, 6) is -2.90. The molecule has 26 heavy (non-hydrogen) atoms. The minimum absolute atomic E-state index is 0.0707. The topological polar surface area (TPSA) is 78.5 Å². The second-order valence-corrected chi connectivity index (χ2v) is 6.26. The minimum Gasteiger partial charge on any atom is -0.355 e. The molecule has 6 nitrogen and oxygen atoms in total. The van der Waals surface area contributed by atoms with Gasteiger partial charge in [-0.1, -0.05) is 6.92 Å². The molecule has 8 heteroatoms. The number of likely N-dealkylation sites (tertiary alicyclic amines) is 1. The maximum absolute atomic E-state index is 13.7. The Balaban J connectivity index is 1.81. The van der Waals surface area contributed by atoms with Gasteiger partial charge in [-0.2, -0.15) is 0 Å². The molecule has 1 fully saturated rings. The molecule has 142 valence electrons. The number of piperidine rings is 1. The van der Waals surface area contributed by atoms with Crippen LogP contribution in [0.2, 0.25) is 0 Å². The molecule has 2 N–H and O–H groups in total. The van der Waals surface area contributed by atoms with E-state index in [-0.39, 0.29) is 29.8 Å². The summed E-state index contributed by atoms with van der Waals surface area (Å²) in [4.78, 5) is 37.4. The Kier molecular flexibility index (Phi) is 7.06. The van der Waals surface area contributed by atoms with Crippen molar-refractivity contribution >= 4 is 17.7 Å². The third-order valence-electron chi connectivity index (χ3n) is 4.31. The van der Waals surface area contributed by atoms with Crippen LogP contribution in [-0.2, 0) is 9.59 Å². The van der Waals surface area contributed by atoms with Crippen LogP contribution in [0, 0.1) is 17.6 Å². The lowest BCUT2D eigenvalue weighted by Crippen LogP contribution is -2.45. The highest BCUT2D eigenvalue weighted by molar-refractivity contribution is 5.94. The Labute approximate surface area is 150 Å². The number of amides is 3. The molecule has 1 heterocycles. The zero-order valence-corrected chi connectivity index (χ0v) is 14.7. The molecule has 0 radical (unpaired) electrons. The molecule has 1 aliphatic heterocycles. The van der Waals surface area contributed by atoms with E-state index >= 15 is 0 Å². The molecular weight excluding hydrogens is 344 g/mol. The molecule has 0 bridgehead atoms. The summed E-state index contributed by atoms with van der Waals surface area (Å²) in [6, 6.07) is 2.85. The van der Waals surface area contributed by atoms with Gasteiger partial charge in [0.25, 0.3) is 5.91 Å². The van der Waals surface area contributed by atoms with Crippen molar-refractivity contribution in [1.82, 2.24) is 15.5 Å². The van der Waals surface area contributed by atoms with Crippen molar-refractivity contribution < 1.29 is 23.2 Å². The van der Waals surface area contributed by atoms with E-state index in [4.69, 9.17) is 0 Å². The number of carbonyl (C=O) groups is 3. The van der Waals surface area contributed by atoms with Gasteiger partial charge in [0.1, 0.15) is 11.6 Å². The van der Waals surface area contributed by atoms with E-state index in [1.54, 1.807) is 0 Å². The normalized spacial score (nSPS) is 14.8. The van der Waals surface area contributed by atoms with Crippen molar-refractivity contribution in [3.8, 4) is 0 Å². The first-order valence-corrected chi connectivity index (χ1v) is 8.71. The average molecular weight is 367 g/mol. The van der Waals surface area contributed by atoms with E-state index in [2.05, 4.69) is 10.6 Å². The molecule has 3 amide bonds. The van der Waals surface area contributed by atoms with Crippen LogP contribution < -0.4 is 10.6 Å². The van der Waals surface area contributed by atoms with Crippen LogP contribution in [0.3, 0.4) is 0 Å². The molecule has 0 unspecified atom stereocenters. The molecule has 1 aromatic carbocycles. The predicted octanol–water partition coefficient (Wildman–Crippen LogP) is 1.46. The SMILES string of the molecule is CCCNC(=O)CNC(=O)C1CCN(C(=O)c2ccc(F)cc2F)CC1. The Hall–Kier alpha value is -2.51. The van der Waals surface area contributed by atoms with E-state index in [0.29, 0.717) is 38.5 Å². The van der Waals surface area contributed by atoms with Crippen LogP contribution >= 0.6 is 0 Å². The smallest absolute Gasteiger partial charge is 0.256 e. The van der Waals surface area contributed by atoms with E-state index in [9.17, 15) is 23.2 Å². The fourth-order valence-corrected chi connectivity index (χ4v) is 2.82. The number of nitrogens with zero attached hydrogens (tertiary/aromatic N) is 1. The van der Waals surface area contributed by atoms with Gasteiger partial charge in [-0.3, -0.25) is 14.4 Å². The van der Waals surface area contributed by atoms with Gasteiger partial charge in [0.2, 0.25) is 11.8 Å². The fraction of sp³-hybridized carbons (Fsp3) is 0.500. The number of hydrogen-bond donors (Lipinski definition) is 2. The molecule has 2 rings (SSSR count). The highest BCUT2D eigenvalue weighted by Gasteiger charge is 2.29. The molecule has 1 aliphatic rings. The van der Waals surface area contributed by atoms with Gasteiger partial charge in [-0.05, 0) is 31.4 Å². The largest absolute Gasteiger partial charge is 0.355 e. The van der Waals surface area contributed by atoms with Crippen LogP contribution in [0.4, 0.5) is 8.78 Å². The molecule has 0 aliphatic carbocycles. The van der Waals surface area contributed by atoms with Gasteiger partial charge < -0.3 is 15.5 Å². The fourth-order valence-electron chi connectivity index (χ4n) is 2.82. The molecular formula is C18H23F2N3O3. The van der Waals surface area contributed by atoms with Gasteiger partial charge >= 0.3 is 0 Å². The maximum atomic E-state index is 13.7. The first-order chi connectivity index (χ1) is 12.4. The summed E-state index contributed by atoms with van der Waals surface area (Å²) in [7, 11) is 0. The summed E-state index contributed by atoms with van der Waals surface area (Å²) < 4.78 is 26.7. The lowest BCUT2D eigenvalue weighted by atomic mass is 9.95. The summed E-state index contributed by atoms with van der Waals surface area (Å²) in [6.45, 7) is 3.03. The highest BCUT2D eigenvalue weighted by atomic mass is 19.1. The predicted molar refractivity (Wildman–Crippen MR) is 91.3 cm³/mol. The quantitative estimate of drug-likeness (QED) is 0.799. The van der Waals surface area contributed by atoms with Gasteiger partial charge in [-0.15, -0.1) is 0 Å².